The number of aromatic nitrogens is 5. The maximum absolute atomic E-state index is 13.0. The first-order valence-electron chi connectivity index (χ1n) is 9.31. The Morgan fingerprint density at radius 1 is 1.18 bits per heavy atom. The maximum atomic E-state index is 13.0. The number of aryl methyl sites for hydroxylation is 2. The Balaban J connectivity index is 1.53. The first-order chi connectivity index (χ1) is 13.6. The van der Waals surface area contributed by atoms with E-state index in [2.05, 4.69) is 21.9 Å². The molecule has 2 aromatic heterocycles. The molecule has 0 aliphatic carbocycles. The Hall–Kier alpha value is -3.02. The van der Waals surface area contributed by atoms with Crippen LogP contribution in [0.3, 0.4) is 0 Å². The topological polar surface area (TPSA) is 84.1 Å². The molecule has 8 heteroatoms. The average molecular weight is 377 g/mol. The predicted octanol–water partition coefficient (Wildman–Crippen LogP) is 1.00. The first kappa shape index (κ1) is 17.1. The van der Waals surface area contributed by atoms with Crippen LogP contribution in [-0.4, -0.2) is 43.3 Å². The van der Waals surface area contributed by atoms with E-state index in [1.807, 2.05) is 12.1 Å². The molecular formula is C20H19N5O3. The maximum Gasteiger partial charge on any atom is 0.261 e. The predicted molar refractivity (Wildman–Crippen MR) is 101 cm³/mol. The van der Waals surface area contributed by atoms with E-state index in [1.165, 1.54) is 6.33 Å². The summed E-state index contributed by atoms with van der Waals surface area (Å²) in [6.45, 7) is 1.76. The van der Waals surface area contributed by atoms with Gasteiger partial charge in [-0.15, -0.1) is 0 Å². The van der Waals surface area contributed by atoms with Gasteiger partial charge >= 0.3 is 0 Å². The van der Waals surface area contributed by atoms with Crippen LogP contribution in [0, 0.1) is 11.8 Å². The molecular weight excluding hydrogens is 358 g/mol. The van der Waals surface area contributed by atoms with Crippen LogP contribution >= 0.6 is 0 Å². The molecule has 0 radical (unpaired) electrons. The number of hydrogen-bond acceptors (Lipinski definition) is 6. The van der Waals surface area contributed by atoms with Crippen molar-refractivity contribution in [3.8, 4) is 11.8 Å². The second-order valence-electron chi connectivity index (χ2n) is 7.03. The van der Waals surface area contributed by atoms with Crippen molar-refractivity contribution in [3.05, 3.63) is 52.1 Å². The molecule has 4 heterocycles. The van der Waals surface area contributed by atoms with E-state index >= 15 is 0 Å². The van der Waals surface area contributed by atoms with Crippen LogP contribution in [0.5, 0.6) is 0 Å². The molecule has 0 saturated carbocycles. The zero-order valence-electron chi connectivity index (χ0n) is 15.5. The third-order valence-electron chi connectivity index (χ3n) is 5.32. The van der Waals surface area contributed by atoms with E-state index in [0.29, 0.717) is 55.7 Å². The van der Waals surface area contributed by atoms with Crippen molar-refractivity contribution >= 4 is 10.9 Å². The lowest BCUT2D eigenvalue weighted by molar-refractivity contribution is -0.165. The molecule has 5 rings (SSSR count). The number of ether oxygens (including phenoxy) is 2. The van der Waals surface area contributed by atoms with Gasteiger partial charge in [-0.1, -0.05) is 5.92 Å². The van der Waals surface area contributed by atoms with Crippen LogP contribution in [0.1, 0.15) is 30.1 Å². The van der Waals surface area contributed by atoms with E-state index in [-0.39, 0.29) is 5.56 Å². The van der Waals surface area contributed by atoms with Gasteiger partial charge in [-0.25, -0.2) is 14.6 Å². The molecule has 1 fully saturated rings. The number of rotatable bonds is 0. The molecule has 0 amide bonds. The summed E-state index contributed by atoms with van der Waals surface area (Å²) in [5, 5.41) is 4.60. The van der Waals surface area contributed by atoms with Gasteiger partial charge in [0, 0.05) is 38.4 Å². The standard InChI is InChI=1S/C20H19N5O3/c1-24-17(21-13-22-24)5-3-14-2-4-15-16(12-14)23-18-6-7-20(27-10-11-28-20)8-9-25(18)19(15)26/h2,4,12-13H,6-11H2,1H3. The van der Waals surface area contributed by atoms with Gasteiger partial charge in [0.2, 0.25) is 5.82 Å². The monoisotopic (exact) mass is 377 g/mol. The van der Waals surface area contributed by atoms with Crippen molar-refractivity contribution in [1.29, 1.82) is 0 Å². The molecule has 1 spiro atoms. The zero-order valence-corrected chi connectivity index (χ0v) is 15.5. The summed E-state index contributed by atoms with van der Waals surface area (Å²) in [5.74, 6) is 6.84. The number of benzene rings is 1. The minimum atomic E-state index is -0.570. The van der Waals surface area contributed by atoms with E-state index in [1.54, 1.807) is 22.4 Å². The molecule has 28 heavy (non-hydrogen) atoms. The molecule has 2 aliphatic heterocycles. The molecule has 0 unspecified atom stereocenters. The highest BCUT2D eigenvalue weighted by Gasteiger charge is 2.38. The number of fused-ring (bicyclic) bond motifs is 2. The van der Waals surface area contributed by atoms with Gasteiger partial charge in [-0.3, -0.25) is 9.36 Å². The highest BCUT2D eigenvalue weighted by molar-refractivity contribution is 5.79. The Morgan fingerprint density at radius 3 is 2.82 bits per heavy atom. The van der Waals surface area contributed by atoms with Crippen molar-refractivity contribution in [2.45, 2.75) is 31.6 Å². The van der Waals surface area contributed by atoms with E-state index < -0.39 is 5.79 Å². The van der Waals surface area contributed by atoms with Crippen molar-refractivity contribution in [2.75, 3.05) is 13.2 Å². The van der Waals surface area contributed by atoms with E-state index in [9.17, 15) is 4.79 Å². The third-order valence-corrected chi connectivity index (χ3v) is 5.32. The summed E-state index contributed by atoms with van der Waals surface area (Å²) < 4.78 is 15.0. The second-order valence-corrected chi connectivity index (χ2v) is 7.03. The van der Waals surface area contributed by atoms with Gasteiger partial charge in [-0.05, 0) is 24.1 Å². The van der Waals surface area contributed by atoms with Crippen LogP contribution in [-0.2, 0) is 29.5 Å². The van der Waals surface area contributed by atoms with E-state index in [4.69, 9.17) is 14.5 Å². The molecule has 0 bridgehead atoms. The smallest absolute Gasteiger partial charge is 0.261 e. The highest BCUT2D eigenvalue weighted by atomic mass is 16.7. The SMILES string of the molecule is Cn1ncnc1C#Cc1ccc2c(=O)n3c(nc2c1)CCC1(CC3)OCCO1. The molecule has 1 saturated heterocycles. The van der Waals surface area contributed by atoms with Crippen molar-refractivity contribution < 1.29 is 9.47 Å². The Labute approximate surface area is 161 Å². The molecule has 3 aromatic rings. The Morgan fingerprint density at radius 2 is 2.04 bits per heavy atom. The van der Waals surface area contributed by atoms with E-state index in [0.717, 1.165) is 11.4 Å². The lowest BCUT2D eigenvalue weighted by atomic mass is 10.1. The van der Waals surface area contributed by atoms with Crippen molar-refractivity contribution in [1.82, 2.24) is 24.3 Å². The zero-order chi connectivity index (χ0) is 19.1. The quantitative estimate of drug-likeness (QED) is 0.544. The summed E-state index contributed by atoms with van der Waals surface area (Å²) in [5.41, 5.74) is 1.41. The molecule has 8 nitrogen and oxygen atoms in total. The largest absolute Gasteiger partial charge is 0.347 e. The van der Waals surface area contributed by atoms with Crippen molar-refractivity contribution in [2.24, 2.45) is 7.05 Å². The lowest BCUT2D eigenvalue weighted by Crippen LogP contribution is -2.31. The van der Waals surface area contributed by atoms with Gasteiger partial charge in [0.15, 0.2) is 5.79 Å². The second kappa shape index (κ2) is 6.55. The first-order valence-corrected chi connectivity index (χ1v) is 9.31. The Kier molecular flexibility index (Phi) is 4.00. The van der Waals surface area contributed by atoms with Gasteiger partial charge in [0.1, 0.15) is 12.2 Å². The minimum Gasteiger partial charge on any atom is -0.347 e. The third kappa shape index (κ3) is 2.89. The minimum absolute atomic E-state index is 0.0251. The summed E-state index contributed by atoms with van der Waals surface area (Å²) in [4.78, 5) is 21.9. The lowest BCUT2D eigenvalue weighted by Gasteiger charge is -2.24. The van der Waals surface area contributed by atoms with Crippen LogP contribution in [0.4, 0.5) is 0 Å². The fourth-order valence-electron chi connectivity index (χ4n) is 3.80. The van der Waals surface area contributed by atoms with Gasteiger partial charge in [-0.2, -0.15) is 5.10 Å². The summed E-state index contributed by atoms with van der Waals surface area (Å²) in [6.07, 6.45) is 3.47. The average Bonchev–Trinajstić information content (AvgIpc) is 3.28. The summed E-state index contributed by atoms with van der Waals surface area (Å²) in [7, 11) is 1.79. The molecule has 0 N–H and O–H groups in total. The highest BCUT2D eigenvalue weighted by Crippen LogP contribution is 2.31. The normalized spacial score (nSPS) is 17.9. The van der Waals surface area contributed by atoms with Crippen LogP contribution < -0.4 is 5.56 Å². The molecule has 2 aliphatic rings. The fraction of sp³-hybridized carbons (Fsp3) is 0.400. The summed E-state index contributed by atoms with van der Waals surface area (Å²) >= 11 is 0. The van der Waals surface area contributed by atoms with Crippen LogP contribution in [0.15, 0.2) is 29.3 Å². The van der Waals surface area contributed by atoms with Gasteiger partial charge < -0.3 is 9.47 Å². The van der Waals surface area contributed by atoms with Gasteiger partial charge in [0.05, 0.1) is 24.1 Å². The van der Waals surface area contributed by atoms with Crippen molar-refractivity contribution in [3.63, 3.8) is 0 Å². The Bertz CT molecular complexity index is 1180. The van der Waals surface area contributed by atoms with Crippen LogP contribution in [0.25, 0.3) is 10.9 Å². The molecule has 142 valence electrons. The molecule has 1 aromatic carbocycles. The number of hydrogen-bond donors (Lipinski definition) is 0. The van der Waals surface area contributed by atoms with Gasteiger partial charge in [0.25, 0.3) is 5.56 Å². The fourth-order valence-corrected chi connectivity index (χ4v) is 3.80. The van der Waals surface area contributed by atoms with Crippen LogP contribution in [0.2, 0.25) is 0 Å². The number of nitrogens with zero attached hydrogens (tertiary/aromatic N) is 5. The molecule has 0 atom stereocenters. The summed E-state index contributed by atoms with van der Waals surface area (Å²) in [6, 6.07) is 5.48.